The number of ether oxygens (including phenoxy) is 4. The van der Waals surface area contributed by atoms with Gasteiger partial charge in [0.15, 0.2) is 23.1 Å². The van der Waals surface area contributed by atoms with E-state index >= 15 is 4.39 Å². The highest BCUT2D eigenvalue weighted by atomic mass is 19.1. The molecule has 0 spiro atoms. The summed E-state index contributed by atoms with van der Waals surface area (Å²) < 4.78 is 37.9. The van der Waals surface area contributed by atoms with Crippen LogP contribution in [0.15, 0.2) is 66.0 Å². The number of hydrazone groups is 1. The first-order valence-corrected chi connectivity index (χ1v) is 22.7. The van der Waals surface area contributed by atoms with E-state index in [0.717, 1.165) is 60.9 Å². The van der Waals surface area contributed by atoms with Crippen molar-refractivity contribution >= 4 is 34.5 Å². The molecule has 3 amide bonds. The Morgan fingerprint density at radius 1 is 0.862 bits per heavy atom. The molecule has 14 nitrogen and oxygen atoms in total. The number of likely N-dealkylation sites (tertiary alicyclic amines) is 1. The minimum absolute atomic E-state index is 0.0194. The lowest BCUT2D eigenvalue weighted by Gasteiger charge is -2.43. The van der Waals surface area contributed by atoms with Gasteiger partial charge in [-0.1, -0.05) is 42.7 Å². The molecule has 4 heterocycles. The third-order valence-electron chi connectivity index (χ3n) is 13.5. The van der Waals surface area contributed by atoms with Crippen LogP contribution in [0.4, 0.5) is 4.39 Å². The van der Waals surface area contributed by atoms with Crippen molar-refractivity contribution in [1.29, 1.82) is 0 Å². The van der Waals surface area contributed by atoms with Crippen molar-refractivity contribution in [3.05, 3.63) is 94.7 Å². The number of hydrogen-bond acceptors (Lipinski definition) is 10. The van der Waals surface area contributed by atoms with Crippen LogP contribution in [-0.4, -0.2) is 101 Å². The number of aromatic amines is 1. The van der Waals surface area contributed by atoms with E-state index in [4.69, 9.17) is 24.0 Å². The summed E-state index contributed by atoms with van der Waals surface area (Å²) in [6.45, 7) is 5.00. The maximum Gasteiger partial charge on any atom is 0.255 e. The van der Waals surface area contributed by atoms with Crippen LogP contribution >= 0.6 is 0 Å². The Morgan fingerprint density at radius 3 is 2.34 bits per heavy atom. The maximum atomic E-state index is 15.3. The summed E-state index contributed by atoms with van der Waals surface area (Å²) in [5.41, 5.74) is 6.02. The number of benzene rings is 3. The highest BCUT2D eigenvalue weighted by molar-refractivity contribution is 6.10. The van der Waals surface area contributed by atoms with E-state index in [1.54, 1.807) is 31.1 Å². The van der Waals surface area contributed by atoms with Crippen molar-refractivity contribution < 1.29 is 37.7 Å². The molecule has 0 bridgehead atoms. The molecule has 4 aliphatic rings. The smallest absolute Gasteiger partial charge is 0.255 e. The Hall–Kier alpha value is -6.51. The number of carbonyl (C=O) groups excluding carboxylic acids is 3. The van der Waals surface area contributed by atoms with Gasteiger partial charge in [-0.05, 0) is 88.1 Å². The summed E-state index contributed by atoms with van der Waals surface area (Å²) >= 11 is 0. The third-order valence-corrected chi connectivity index (χ3v) is 13.5. The molecule has 2 aromatic heterocycles. The summed E-state index contributed by atoms with van der Waals surface area (Å²) in [6.07, 6.45) is 8.54. The van der Waals surface area contributed by atoms with Crippen LogP contribution in [-0.2, 0) is 16.0 Å². The lowest BCUT2D eigenvalue weighted by Crippen LogP contribution is -2.56. The van der Waals surface area contributed by atoms with Crippen LogP contribution in [0.25, 0.3) is 22.3 Å². The number of carbonyl (C=O) groups is 3. The van der Waals surface area contributed by atoms with Gasteiger partial charge in [0.1, 0.15) is 29.3 Å². The maximum absolute atomic E-state index is 15.3. The number of aromatic nitrogens is 3. The Kier molecular flexibility index (Phi) is 12.5. The summed E-state index contributed by atoms with van der Waals surface area (Å²) in [4.78, 5) is 57.6. The molecule has 0 radical (unpaired) electrons. The highest BCUT2D eigenvalue weighted by Gasteiger charge is 2.44. The molecule has 9 rings (SSSR count). The number of aryl methyl sites for hydroxylation is 2. The molecule has 2 N–H and O–H groups in total. The van der Waals surface area contributed by atoms with Gasteiger partial charge in [-0.3, -0.25) is 14.4 Å². The van der Waals surface area contributed by atoms with Crippen LogP contribution in [0.1, 0.15) is 84.1 Å². The van der Waals surface area contributed by atoms with Crippen molar-refractivity contribution in [2.24, 2.45) is 22.9 Å². The molecule has 65 heavy (non-hydrogen) atoms. The van der Waals surface area contributed by atoms with Crippen molar-refractivity contribution in [2.45, 2.75) is 83.7 Å². The molecular formula is C50H56FN7O7. The predicted octanol–water partition coefficient (Wildman–Crippen LogP) is 7.58. The first-order valence-electron chi connectivity index (χ1n) is 22.7. The molecule has 2 saturated carbocycles. The highest BCUT2D eigenvalue weighted by Crippen LogP contribution is 2.42. The molecule has 5 aromatic rings. The Morgan fingerprint density at radius 2 is 1.62 bits per heavy atom. The number of fused-ring (bicyclic) bond motifs is 2. The number of nitrogens with zero attached hydrogens (tertiary/aromatic N) is 5. The molecule has 1 saturated heterocycles. The van der Waals surface area contributed by atoms with Crippen LogP contribution < -0.4 is 24.3 Å². The monoisotopic (exact) mass is 885 g/mol. The fraction of sp³-hybridized carbons (Fsp3) is 0.440. The van der Waals surface area contributed by atoms with E-state index < -0.39 is 17.8 Å². The number of H-pyrrole nitrogens is 1. The average Bonchev–Trinajstić information content (AvgIpc) is 4.09. The standard InChI is InChI=1S/C50H56FN7O7/c1-28-9-8-10-31(21-28)22-38(55-48(59)43-29(2)54-47-45(52-27-53-46(43)47)36-24-37(51)41(63-4)25-40(36)65-26-30-13-14-30)50(61)57-19-17-33(18-20-57)58-49(60)35-12-7-6-11-34(35)44(56-58)32-15-16-39(62-3)42(23-32)64-5/h8-10,15-16,21,23-25,27,30,33-35,38,54H,6-7,11-14,17-20,22,26H2,1-5H3,(H,55,59)/t34-,35+,38-/m0/s1. The number of rotatable bonds is 14. The molecule has 2 aliphatic carbocycles. The van der Waals surface area contributed by atoms with E-state index in [1.807, 2.05) is 49.4 Å². The molecular weight excluding hydrogens is 830 g/mol. The molecule has 3 aromatic carbocycles. The normalized spacial score (nSPS) is 19.4. The Balaban J connectivity index is 0.969. The second-order valence-electron chi connectivity index (χ2n) is 17.8. The fourth-order valence-electron chi connectivity index (χ4n) is 9.84. The summed E-state index contributed by atoms with van der Waals surface area (Å²) in [5.74, 6) is 0.758. The molecule has 340 valence electrons. The quantitative estimate of drug-likeness (QED) is 0.115. The number of amides is 3. The zero-order valence-corrected chi connectivity index (χ0v) is 37.6. The predicted molar refractivity (Wildman–Crippen MR) is 243 cm³/mol. The first kappa shape index (κ1) is 43.7. The van der Waals surface area contributed by atoms with E-state index in [0.29, 0.717) is 83.7 Å². The van der Waals surface area contributed by atoms with Crippen LogP contribution in [0.5, 0.6) is 23.0 Å². The lowest BCUT2D eigenvalue weighted by molar-refractivity contribution is -0.143. The molecule has 0 unspecified atom stereocenters. The van der Waals surface area contributed by atoms with Crippen LogP contribution in [0, 0.1) is 37.4 Å². The summed E-state index contributed by atoms with van der Waals surface area (Å²) in [5, 5.41) is 9.89. The van der Waals surface area contributed by atoms with Crippen LogP contribution in [0.2, 0.25) is 0 Å². The number of methoxy groups -OCH3 is 3. The van der Waals surface area contributed by atoms with Crippen molar-refractivity contribution in [1.82, 2.24) is 30.2 Å². The second kappa shape index (κ2) is 18.5. The van der Waals surface area contributed by atoms with Gasteiger partial charge in [0.25, 0.3) is 5.91 Å². The SMILES string of the molecule is COc1cc(OCC2CC2)c(-c2ncnc3c(C(=O)N[C@@H](Cc4cccc(C)c4)C(=O)N4CCC(N5N=C(c6ccc(OC)c(OC)c6)[C@H]6CCCC[C@H]6C5=O)CC4)c(C)[nH]c23)cc1F. The van der Waals surface area contributed by atoms with E-state index in [2.05, 4.69) is 20.3 Å². The minimum atomic E-state index is -0.918. The Labute approximate surface area is 377 Å². The van der Waals surface area contributed by atoms with Gasteiger partial charge in [0.05, 0.1) is 50.8 Å². The zero-order chi connectivity index (χ0) is 45.4. The van der Waals surface area contributed by atoms with Gasteiger partial charge < -0.3 is 34.1 Å². The van der Waals surface area contributed by atoms with Gasteiger partial charge in [-0.15, -0.1) is 0 Å². The second-order valence-corrected chi connectivity index (χ2v) is 17.8. The molecule has 2 aliphatic heterocycles. The molecule has 3 fully saturated rings. The van der Waals surface area contributed by atoms with Gasteiger partial charge in [-0.2, -0.15) is 5.10 Å². The van der Waals surface area contributed by atoms with Crippen molar-refractivity contribution in [3.63, 3.8) is 0 Å². The zero-order valence-electron chi connectivity index (χ0n) is 37.6. The third kappa shape index (κ3) is 8.84. The number of piperidine rings is 1. The molecule has 15 heteroatoms. The summed E-state index contributed by atoms with van der Waals surface area (Å²) in [7, 11) is 4.62. The number of halogens is 1. The van der Waals surface area contributed by atoms with Gasteiger partial charge in [0.2, 0.25) is 11.8 Å². The molecule has 3 atom stereocenters. The van der Waals surface area contributed by atoms with E-state index in [9.17, 15) is 14.4 Å². The largest absolute Gasteiger partial charge is 0.494 e. The number of hydrogen-bond donors (Lipinski definition) is 2. The fourth-order valence-corrected chi connectivity index (χ4v) is 9.84. The lowest BCUT2D eigenvalue weighted by atomic mass is 9.73. The van der Waals surface area contributed by atoms with Crippen molar-refractivity contribution in [2.75, 3.05) is 41.0 Å². The van der Waals surface area contributed by atoms with Gasteiger partial charge in [0, 0.05) is 54.2 Å². The first-order chi connectivity index (χ1) is 31.5. The van der Waals surface area contributed by atoms with Crippen LogP contribution in [0.3, 0.4) is 0 Å². The minimum Gasteiger partial charge on any atom is -0.494 e. The Bertz CT molecular complexity index is 2650. The topological polar surface area (TPSA) is 161 Å². The van der Waals surface area contributed by atoms with Gasteiger partial charge in [-0.25, -0.2) is 19.4 Å². The number of nitrogens with one attached hydrogen (secondary N) is 2. The van der Waals surface area contributed by atoms with Crippen molar-refractivity contribution in [3.8, 4) is 34.3 Å². The van der Waals surface area contributed by atoms with E-state index in [1.165, 1.54) is 25.6 Å². The summed E-state index contributed by atoms with van der Waals surface area (Å²) in [6, 6.07) is 15.4. The average molecular weight is 886 g/mol. The van der Waals surface area contributed by atoms with E-state index in [-0.39, 0.29) is 47.4 Å². The van der Waals surface area contributed by atoms with Gasteiger partial charge >= 0.3 is 0 Å².